The minimum atomic E-state index is -3.72. The van der Waals surface area contributed by atoms with Gasteiger partial charge in [-0.15, -0.1) is 0 Å². The first-order valence-corrected chi connectivity index (χ1v) is 13.0. The van der Waals surface area contributed by atoms with Gasteiger partial charge in [-0.3, -0.25) is 9.59 Å². The minimum Gasteiger partial charge on any atom is -0.353 e. The number of carbonyl (C=O) groups excluding carboxylic acids is 2. The van der Waals surface area contributed by atoms with Gasteiger partial charge >= 0.3 is 0 Å². The van der Waals surface area contributed by atoms with E-state index in [0.29, 0.717) is 30.0 Å². The second kappa shape index (κ2) is 9.45. The van der Waals surface area contributed by atoms with Gasteiger partial charge in [0.1, 0.15) is 0 Å². The summed E-state index contributed by atoms with van der Waals surface area (Å²) in [6.45, 7) is 2.22. The molecule has 0 spiro atoms. The molecule has 6 nitrogen and oxygen atoms in total. The van der Waals surface area contributed by atoms with Crippen molar-refractivity contribution >= 4 is 27.3 Å². The number of amides is 2. The van der Waals surface area contributed by atoms with Crippen LogP contribution >= 0.6 is 0 Å². The van der Waals surface area contributed by atoms with E-state index in [2.05, 4.69) is 17.6 Å². The predicted molar refractivity (Wildman–Crippen MR) is 124 cm³/mol. The lowest BCUT2D eigenvalue weighted by atomic mass is 9.87. The minimum absolute atomic E-state index is 0.0639. The lowest BCUT2D eigenvalue weighted by Gasteiger charge is -2.28. The van der Waals surface area contributed by atoms with Crippen LogP contribution in [0.5, 0.6) is 0 Å². The lowest BCUT2D eigenvalue weighted by Crippen LogP contribution is -2.41. The lowest BCUT2D eigenvalue weighted by molar-refractivity contribution is -0.123. The molecule has 1 heterocycles. The summed E-state index contributed by atoms with van der Waals surface area (Å²) in [6, 6.07) is 14.0. The van der Waals surface area contributed by atoms with Crippen molar-refractivity contribution in [3.8, 4) is 0 Å². The number of benzene rings is 2. The van der Waals surface area contributed by atoms with Crippen molar-refractivity contribution in [1.29, 1.82) is 0 Å². The zero-order valence-electron chi connectivity index (χ0n) is 18.3. The van der Waals surface area contributed by atoms with Gasteiger partial charge in [0, 0.05) is 18.2 Å². The van der Waals surface area contributed by atoms with E-state index in [0.717, 1.165) is 31.2 Å². The van der Waals surface area contributed by atoms with Crippen LogP contribution in [0.2, 0.25) is 0 Å². The second-order valence-electron chi connectivity index (χ2n) is 9.08. The van der Waals surface area contributed by atoms with Gasteiger partial charge in [-0.2, -0.15) is 0 Å². The monoisotopic (exact) mass is 454 g/mol. The van der Waals surface area contributed by atoms with Crippen LogP contribution in [0.15, 0.2) is 53.4 Å². The first-order valence-electron chi connectivity index (χ1n) is 11.3. The molecule has 2 amide bonds. The molecule has 1 aliphatic carbocycles. The molecule has 0 aromatic heterocycles. The van der Waals surface area contributed by atoms with E-state index in [9.17, 15) is 18.0 Å². The Labute approximate surface area is 189 Å². The van der Waals surface area contributed by atoms with Crippen molar-refractivity contribution in [1.82, 2.24) is 5.32 Å². The van der Waals surface area contributed by atoms with Crippen LogP contribution < -0.4 is 10.6 Å². The summed E-state index contributed by atoms with van der Waals surface area (Å²) in [6.07, 6.45) is 4.85. The fourth-order valence-electron chi connectivity index (χ4n) is 4.58. The molecule has 32 heavy (non-hydrogen) atoms. The molecule has 1 atom stereocenters. The molecule has 2 N–H and O–H groups in total. The SMILES string of the molecule is CC1CCC(NC(=O)C(CS(=O)(=O)c2ccc3c(c2)CCC(=O)N3)c2ccccc2)CC1. The van der Waals surface area contributed by atoms with Crippen molar-refractivity contribution < 1.29 is 18.0 Å². The molecule has 1 aliphatic heterocycles. The topological polar surface area (TPSA) is 92.3 Å². The van der Waals surface area contributed by atoms with E-state index in [1.165, 1.54) is 6.07 Å². The first-order chi connectivity index (χ1) is 15.3. The van der Waals surface area contributed by atoms with Gasteiger partial charge in [0.05, 0.1) is 16.6 Å². The highest BCUT2D eigenvalue weighted by Gasteiger charge is 2.31. The van der Waals surface area contributed by atoms with Gasteiger partial charge < -0.3 is 10.6 Å². The fraction of sp³-hybridized carbons (Fsp3) is 0.440. The summed E-state index contributed by atoms with van der Waals surface area (Å²) in [7, 11) is -3.72. The van der Waals surface area contributed by atoms with E-state index in [4.69, 9.17) is 0 Å². The van der Waals surface area contributed by atoms with E-state index in [1.807, 2.05) is 30.3 Å². The molecular weight excluding hydrogens is 424 g/mol. The number of nitrogens with one attached hydrogen (secondary N) is 2. The Bertz CT molecular complexity index is 1090. The predicted octanol–water partition coefficient (Wildman–Crippen LogP) is 3.82. The van der Waals surface area contributed by atoms with Crippen LogP contribution in [-0.4, -0.2) is 32.0 Å². The molecule has 0 radical (unpaired) electrons. The quantitative estimate of drug-likeness (QED) is 0.694. The third-order valence-corrected chi connectivity index (χ3v) is 8.34. The Kier molecular flexibility index (Phi) is 6.65. The zero-order valence-corrected chi connectivity index (χ0v) is 19.2. The van der Waals surface area contributed by atoms with Gasteiger partial charge in [0.15, 0.2) is 9.84 Å². The molecule has 2 aromatic rings. The molecule has 2 aliphatic rings. The number of aryl methyl sites for hydroxylation is 1. The van der Waals surface area contributed by atoms with E-state index < -0.39 is 15.8 Å². The van der Waals surface area contributed by atoms with Crippen molar-refractivity contribution in [3.05, 3.63) is 59.7 Å². The fourth-order valence-corrected chi connectivity index (χ4v) is 6.16. The van der Waals surface area contributed by atoms with E-state index in [1.54, 1.807) is 12.1 Å². The molecular formula is C25H30N2O4S. The molecule has 1 unspecified atom stereocenters. The van der Waals surface area contributed by atoms with Crippen molar-refractivity contribution in [2.75, 3.05) is 11.1 Å². The third-order valence-electron chi connectivity index (χ3n) is 6.60. The van der Waals surface area contributed by atoms with Gasteiger partial charge in [-0.25, -0.2) is 8.42 Å². The van der Waals surface area contributed by atoms with Gasteiger partial charge in [-0.1, -0.05) is 37.3 Å². The highest BCUT2D eigenvalue weighted by Crippen LogP contribution is 2.29. The van der Waals surface area contributed by atoms with Gasteiger partial charge in [-0.05, 0) is 67.3 Å². The maximum atomic E-state index is 13.3. The summed E-state index contributed by atoms with van der Waals surface area (Å²) >= 11 is 0. The van der Waals surface area contributed by atoms with Crippen LogP contribution in [0, 0.1) is 5.92 Å². The smallest absolute Gasteiger partial charge is 0.228 e. The van der Waals surface area contributed by atoms with Crippen LogP contribution in [-0.2, 0) is 25.8 Å². The molecule has 1 fully saturated rings. The average Bonchev–Trinajstić information content (AvgIpc) is 2.79. The number of rotatable bonds is 6. The third kappa shape index (κ3) is 5.21. The molecule has 1 saturated carbocycles. The number of anilines is 1. The normalized spacial score (nSPS) is 21.8. The summed E-state index contributed by atoms with van der Waals surface area (Å²) in [4.78, 5) is 25.0. The number of carbonyl (C=O) groups is 2. The molecule has 0 saturated heterocycles. The van der Waals surface area contributed by atoms with Crippen molar-refractivity contribution in [2.45, 2.75) is 62.3 Å². The second-order valence-corrected chi connectivity index (χ2v) is 11.1. The molecule has 4 rings (SSSR count). The molecule has 7 heteroatoms. The Morgan fingerprint density at radius 3 is 2.50 bits per heavy atom. The van der Waals surface area contributed by atoms with Crippen molar-refractivity contribution in [2.24, 2.45) is 5.92 Å². The first kappa shape index (κ1) is 22.5. The summed E-state index contributed by atoms with van der Waals surface area (Å²) < 4.78 is 26.7. The Morgan fingerprint density at radius 2 is 1.78 bits per heavy atom. The maximum absolute atomic E-state index is 13.3. The molecule has 170 valence electrons. The van der Waals surface area contributed by atoms with E-state index in [-0.39, 0.29) is 28.5 Å². The Balaban J connectivity index is 1.56. The summed E-state index contributed by atoms with van der Waals surface area (Å²) in [5, 5.41) is 5.89. The van der Waals surface area contributed by atoms with Gasteiger partial charge in [0.2, 0.25) is 11.8 Å². The highest BCUT2D eigenvalue weighted by atomic mass is 32.2. The largest absolute Gasteiger partial charge is 0.353 e. The number of sulfone groups is 1. The Hall–Kier alpha value is -2.67. The number of fused-ring (bicyclic) bond motifs is 1. The van der Waals surface area contributed by atoms with Crippen LogP contribution in [0.4, 0.5) is 5.69 Å². The summed E-state index contributed by atoms with van der Waals surface area (Å²) in [5.41, 5.74) is 2.16. The zero-order chi connectivity index (χ0) is 22.7. The van der Waals surface area contributed by atoms with Crippen LogP contribution in [0.25, 0.3) is 0 Å². The van der Waals surface area contributed by atoms with Crippen LogP contribution in [0.3, 0.4) is 0 Å². The van der Waals surface area contributed by atoms with Crippen molar-refractivity contribution in [3.63, 3.8) is 0 Å². The number of hydrogen-bond donors (Lipinski definition) is 2. The standard InChI is InChI=1S/C25H30N2O4S/c1-17-7-10-20(11-8-17)26-25(29)22(18-5-3-2-4-6-18)16-32(30,31)21-12-13-23-19(15-21)9-14-24(28)27-23/h2-6,12-13,15,17,20,22H,7-11,14,16H2,1H3,(H,26,29)(H,27,28). The van der Waals surface area contributed by atoms with Gasteiger partial charge in [0.25, 0.3) is 0 Å². The molecule has 0 bridgehead atoms. The number of hydrogen-bond acceptors (Lipinski definition) is 4. The van der Waals surface area contributed by atoms with E-state index >= 15 is 0 Å². The molecule has 2 aromatic carbocycles. The van der Waals surface area contributed by atoms with Crippen LogP contribution in [0.1, 0.15) is 56.1 Å². The summed E-state index contributed by atoms with van der Waals surface area (Å²) in [5.74, 6) is -0.703. The highest BCUT2D eigenvalue weighted by molar-refractivity contribution is 7.91. The average molecular weight is 455 g/mol. The Morgan fingerprint density at radius 1 is 1.06 bits per heavy atom. The maximum Gasteiger partial charge on any atom is 0.228 e.